The van der Waals surface area contributed by atoms with Gasteiger partial charge in [0.05, 0.1) is 0 Å². The first-order chi connectivity index (χ1) is 15.9. The molecule has 2 aromatic carbocycles. The highest BCUT2D eigenvalue weighted by Gasteiger charge is 2.33. The Balaban J connectivity index is 1.22. The smallest absolute Gasteiger partial charge is 0.120 e. The van der Waals surface area contributed by atoms with Crippen LogP contribution < -0.4 is 9.47 Å². The van der Waals surface area contributed by atoms with E-state index in [0.29, 0.717) is 19.4 Å². The zero-order chi connectivity index (χ0) is 23.3. The largest absolute Gasteiger partial charge is 0.492 e. The molecule has 0 unspecified atom stereocenters. The quantitative estimate of drug-likeness (QED) is 0.566. The topological polar surface area (TPSA) is 45.2 Å². The highest BCUT2D eigenvalue weighted by Crippen LogP contribution is 2.29. The number of hydrogen-bond donors (Lipinski definition) is 1. The maximum absolute atomic E-state index is 11.0. The molecule has 0 aliphatic carbocycles. The summed E-state index contributed by atoms with van der Waals surface area (Å²) in [5.41, 5.74) is 2.45. The van der Waals surface area contributed by atoms with Gasteiger partial charge in [-0.25, -0.2) is 0 Å². The molecular formula is C27H37ClN2O3. The first-order valence-corrected chi connectivity index (χ1v) is 12.6. The molecule has 0 amide bonds. The van der Waals surface area contributed by atoms with Crippen LogP contribution in [0.25, 0.3) is 0 Å². The molecule has 2 aliphatic heterocycles. The first kappa shape index (κ1) is 24.3. The Morgan fingerprint density at radius 1 is 0.909 bits per heavy atom. The number of piperidine rings is 1. The van der Waals surface area contributed by atoms with Gasteiger partial charge in [-0.15, -0.1) is 0 Å². The van der Waals surface area contributed by atoms with Crippen LogP contribution in [0.5, 0.6) is 11.5 Å². The Kier molecular flexibility index (Phi) is 8.18. The Morgan fingerprint density at radius 2 is 1.61 bits per heavy atom. The van der Waals surface area contributed by atoms with E-state index in [1.807, 2.05) is 32.0 Å². The fourth-order valence-corrected chi connectivity index (χ4v) is 4.88. The summed E-state index contributed by atoms with van der Waals surface area (Å²) >= 11 is 6.25. The number of hydrogen-bond acceptors (Lipinski definition) is 5. The number of nitrogens with zero attached hydrogens (tertiary/aromatic N) is 2. The van der Waals surface area contributed by atoms with Crippen LogP contribution in [-0.2, 0) is 6.54 Å². The van der Waals surface area contributed by atoms with Gasteiger partial charge in [0.15, 0.2) is 0 Å². The molecule has 2 aromatic rings. The second kappa shape index (κ2) is 11.1. The van der Waals surface area contributed by atoms with Gasteiger partial charge in [0.25, 0.3) is 0 Å². The van der Waals surface area contributed by atoms with E-state index in [1.54, 1.807) is 0 Å². The van der Waals surface area contributed by atoms with Crippen molar-refractivity contribution in [3.05, 3.63) is 58.1 Å². The number of rotatable bonds is 9. The van der Waals surface area contributed by atoms with Crippen LogP contribution >= 0.6 is 11.6 Å². The second-order valence-corrected chi connectivity index (χ2v) is 10.1. The maximum Gasteiger partial charge on any atom is 0.120 e. The minimum atomic E-state index is -0.793. The van der Waals surface area contributed by atoms with Crippen LogP contribution in [0.15, 0.2) is 36.4 Å². The molecule has 1 N–H and O–H groups in total. The predicted octanol–water partition coefficient (Wildman–Crippen LogP) is 4.84. The molecule has 5 nitrogen and oxygen atoms in total. The van der Waals surface area contributed by atoms with Crippen molar-refractivity contribution < 1.29 is 14.6 Å². The molecule has 0 saturated carbocycles. The zero-order valence-corrected chi connectivity index (χ0v) is 20.7. The summed E-state index contributed by atoms with van der Waals surface area (Å²) in [6.45, 7) is 11.0. The second-order valence-electron chi connectivity index (χ2n) is 9.70. The van der Waals surface area contributed by atoms with Crippen molar-refractivity contribution in [1.29, 1.82) is 0 Å². The average Bonchev–Trinajstić information content (AvgIpc) is 3.32. The lowest BCUT2D eigenvalue weighted by molar-refractivity contribution is -0.0537. The summed E-state index contributed by atoms with van der Waals surface area (Å²) in [6, 6.07) is 12.3. The molecule has 0 atom stereocenters. The predicted molar refractivity (Wildman–Crippen MR) is 133 cm³/mol. The van der Waals surface area contributed by atoms with Gasteiger partial charge < -0.3 is 14.6 Å². The van der Waals surface area contributed by atoms with Crippen LogP contribution in [0.4, 0.5) is 0 Å². The number of benzene rings is 2. The van der Waals surface area contributed by atoms with Crippen LogP contribution in [0, 0.1) is 13.8 Å². The average molecular weight is 473 g/mol. The fourth-order valence-electron chi connectivity index (χ4n) is 4.77. The summed E-state index contributed by atoms with van der Waals surface area (Å²) in [6.07, 6.45) is 4.02. The van der Waals surface area contributed by atoms with E-state index in [-0.39, 0.29) is 0 Å². The van der Waals surface area contributed by atoms with E-state index >= 15 is 0 Å². The highest BCUT2D eigenvalue weighted by atomic mass is 35.5. The van der Waals surface area contributed by atoms with Crippen molar-refractivity contribution in [1.82, 2.24) is 9.80 Å². The third-order valence-electron chi connectivity index (χ3n) is 6.88. The van der Waals surface area contributed by atoms with Gasteiger partial charge in [0, 0.05) is 31.2 Å². The fraction of sp³-hybridized carbons (Fsp3) is 0.556. The molecule has 0 spiro atoms. The third-order valence-corrected chi connectivity index (χ3v) is 7.48. The van der Waals surface area contributed by atoms with Gasteiger partial charge in [-0.05, 0) is 93.6 Å². The minimum absolute atomic E-state index is 0.307. The summed E-state index contributed by atoms with van der Waals surface area (Å²) in [7, 11) is 0. The molecule has 0 bridgehead atoms. The zero-order valence-electron chi connectivity index (χ0n) is 20.0. The van der Waals surface area contributed by atoms with Crippen molar-refractivity contribution >= 4 is 11.6 Å². The van der Waals surface area contributed by atoms with Crippen LogP contribution in [0.2, 0.25) is 5.02 Å². The molecule has 2 heterocycles. The first-order valence-electron chi connectivity index (χ1n) is 12.2. The molecule has 33 heavy (non-hydrogen) atoms. The molecule has 0 radical (unpaired) electrons. The summed E-state index contributed by atoms with van der Waals surface area (Å²) in [4.78, 5) is 4.87. The number of aliphatic hydroxyl groups is 1. The molecule has 2 aliphatic rings. The minimum Gasteiger partial charge on any atom is -0.492 e. The van der Waals surface area contributed by atoms with Gasteiger partial charge >= 0.3 is 0 Å². The Hall–Kier alpha value is -1.79. The molecule has 180 valence electrons. The number of ether oxygens (including phenoxy) is 2. The third kappa shape index (κ3) is 6.86. The van der Waals surface area contributed by atoms with Crippen molar-refractivity contribution in [2.75, 3.05) is 45.9 Å². The summed E-state index contributed by atoms with van der Waals surface area (Å²) in [5, 5.41) is 11.8. The van der Waals surface area contributed by atoms with E-state index in [9.17, 15) is 5.11 Å². The van der Waals surface area contributed by atoms with E-state index in [4.69, 9.17) is 21.1 Å². The van der Waals surface area contributed by atoms with Crippen LogP contribution in [0.1, 0.15) is 42.4 Å². The highest BCUT2D eigenvalue weighted by molar-refractivity contribution is 6.32. The lowest BCUT2D eigenvalue weighted by Gasteiger charge is -2.38. The summed E-state index contributed by atoms with van der Waals surface area (Å²) in [5.74, 6) is 1.72. The van der Waals surface area contributed by atoms with E-state index in [0.717, 1.165) is 60.4 Å². The SMILES string of the molecule is Cc1cc(OCC2(O)CCN(Cc3cccc(OCCN4CCCC4)c3)CC2)cc(C)c1Cl. The number of likely N-dealkylation sites (tertiary alicyclic amines) is 2. The van der Waals surface area contributed by atoms with E-state index in [2.05, 4.69) is 28.0 Å². The van der Waals surface area contributed by atoms with Crippen molar-refractivity contribution in [3.8, 4) is 11.5 Å². The normalized spacial score (nSPS) is 19.0. The van der Waals surface area contributed by atoms with Crippen molar-refractivity contribution in [2.45, 2.75) is 51.7 Å². The van der Waals surface area contributed by atoms with Crippen LogP contribution in [-0.4, -0.2) is 66.4 Å². The summed E-state index contributed by atoms with van der Waals surface area (Å²) < 4.78 is 12.0. The number of halogens is 1. The molecule has 6 heteroatoms. The molecule has 0 aromatic heterocycles. The van der Waals surface area contributed by atoms with E-state index in [1.165, 1.54) is 31.5 Å². The van der Waals surface area contributed by atoms with Gasteiger partial charge in [-0.3, -0.25) is 9.80 Å². The van der Waals surface area contributed by atoms with Crippen LogP contribution in [0.3, 0.4) is 0 Å². The van der Waals surface area contributed by atoms with Crippen molar-refractivity contribution in [3.63, 3.8) is 0 Å². The molecule has 2 saturated heterocycles. The Labute approximate surface area is 203 Å². The number of aryl methyl sites for hydroxylation is 2. The van der Waals surface area contributed by atoms with Gasteiger partial charge in [-0.2, -0.15) is 0 Å². The van der Waals surface area contributed by atoms with Crippen molar-refractivity contribution in [2.24, 2.45) is 0 Å². The standard InChI is InChI=1S/C27H37ClN2O3/c1-21-16-25(17-22(2)26(21)28)33-20-27(31)8-12-30(13-9-27)19-23-6-5-7-24(18-23)32-15-14-29-10-3-4-11-29/h5-7,16-18,31H,3-4,8-15,19-20H2,1-2H3. The van der Waals surface area contributed by atoms with Gasteiger partial charge in [-0.1, -0.05) is 23.7 Å². The lowest BCUT2D eigenvalue weighted by atomic mass is 9.92. The Bertz CT molecular complexity index is 898. The van der Waals surface area contributed by atoms with E-state index < -0.39 is 5.60 Å². The monoisotopic (exact) mass is 472 g/mol. The van der Waals surface area contributed by atoms with Gasteiger partial charge in [0.1, 0.15) is 30.3 Å². The van der Waals surface area contributed by atoms with Gasteiger partial charge in [0.2, 0.25) is 0 Å². The molecule has 4 rings (SSSR count). The molecule has 2 fully saturated rings. The molecular weight excluding hydrogens is 436 g/mol. The maximum atomic E-state index is 11.0. The lowest BCUT2D eigenvalue weighted by Crippen LogP contribution is -2.47. The Morgan fingerprint density at radius 3 is 2.30 bits per heavy atom.